The monoisotopic (exact) mass is 463 g/mol. The van der Waals surface area contributed by atoms with Gasteiger partial charge in [0.1, 0.15) is 11.4 Å². The number of amides is 2. The molecule has 1 N–H and O–H groups in total. The molecule has 0 spiro atoms. The van der Waals surface area contributed by atoms with E-state index in [2.05, 4.69) is 5.32 Å². The first-order valence-corrected chi connectivity index (χ1v) is 10.2. The third-order valence-electron chi connectivity index (χ3n) is 5.24. The first-order chi connectivity index (χ1) is 15.8. The van der Waals surface area contributed by atoms with Crippen LogP contribution in [0.3, 0.4) is 0 Å². The Kier molecular flexibility index (Phi) is 5.85. The largest absolute Gasteiger partial charge is 0.495 e. The van der Waals surface area contributed by atoms with Crippen LogP contribution in [0.1, 0.15) is 11.1 Å². The van der Waals surface area contributed by atoms with Crippen molar-refractivity contribution in [3.05, 3.63) is 98.7 Å². The molecule has 0 aromatic heterocycles. The molecule has 4 rings (SSSR count). The Morgan fingerprint density at radius 3 is 2.36 bits per heavy atom. The van der Waals surface area contributed by atoms with Crippen LogP contribution in [0.4, 0.5) is 17.1 Å². The van der Waals surface area contributed by atoms with Crippen molar-refractivity contribution in [2.24, 2.45) is 0 Å². The van der Waals surface area contributed by atoms with Gasteiger partial charge in [-0.3, -0.25) is 19.7 Å². The summed E-state index contributed by atoms with van der Waals surface area (Å²) in [6, 6.07) is 17.3. The normalized spacial score (nSPS) is 13.5. The highest BCUT2D eigenvalue weighted by molar-refractivity contribution is 6.46. The molecule has 0 aliphatic carbocycles. The Bertz CT molecular complexity index is 1320. The third-order valence-corrected chi connectivity index (χ3v) is 5.47. The second kappa shape index (κ2) is 8.76. The minimum atomic E-state index is -0.586. The first kappa shape index (κ1) is 22.0. The van der Waals surface area contributed by atoms with Crippen molar-refractivity contribution in [3.8, 4) is 5.75 Å². The van der Waals surface area contributed by atoms with Crippen LogP contribution in [0.2, 0.25) is 5.02 Å². The minimum absolute atomic E-state index is 0.0325. The number of hydrogen-bond acceptors (Lipinski definition) is 6. The molecule has 1 aliphatic heterocycles. The van der Waals surface area contributed by atoms with Crippen LogP contribution in [-0.2, 0) is 9.59 Å². The summed E-state index contributed by atoms with van der Waals surface area (Å²) in [5.74, 6) is -0.819. The smallest absolute Gasteiger partial charge is 0.282 e. The average molecular weight is 464 g/mol. The van der Waals surface area contributed by atoms with E-state index in [1.54, 1.807) is 42.5 Å². The molecule has 0 unspecified atom stereocenters. The van der Waals surface area contributed by atoms with Crippen molar-refractivity contribution in [2.75, 3.05) is 17.3 Å². The molecule has 0 fully saturated rings. The number of carbonyl (C=O) groups excluding carboxylic acids is 2. The van der Waals surface area contributed by atoms with E-state index in [0.717, 1.165) is 10.5 Å². The Hall–Kier alpha value is -4.17. The van der Waals surface area contributed by atoms with Gasteiger partial charge in [0, 0.05) is 22.8 Å². The molecule has 0 saturated heterocycles. The number of benzene rings is 3. The van der Waals surface area contributed by atoms with Gasteiger partial charge in [0.25, 0.3) is 17.5 Å². The fourth-order valence-electron chi connectivity index (χ4n) is 3.56. The zero-order chi connectivity index (χ0) is 23.7. The van der Waals surface area contributed by atoms with E-state index in [9.17, 15) is 19.7 Å². The summed E-state index contributed by atoms with van der Waals surface area (Å²) in [7, 11) is 1.45. The SMILES string of the molecule is COc1ccccc1N1C(=O)C(Nc2cc(Cl)ccc2C)=C(c2ccc([N+](=O)[O-])cc2)C1=O. The molecule has 166 valence electrons. The van der Waals surface area contributed by atoms with Crippen LogP contribution < -0.4 is 15.0 Å². The van der Waals surface area contributed by atoms with Gasteiger partial charge in [-0.25, -0.2) is 4.90 Å². The van der Waals surface area contributed by atoms with Crippen molar-refractivity contribution < 1.29 is 19.2 Å². The molecule has 9 heteroatoms. The van der Waals surface area contributed by atoms with Crippen molar-refractivity contribution >= 4 is 46.1 Å². The lowest BCUT2D eigenvalue weighted by Crippen LogP contribution is -2.32. The number of aryl methyl sites for hydroxylation is 1. The Balaban J connectivity index is 1.87. The number of nitrogens with zero attached hydrogens (tertiary/aromatic N) is 2. The molecule has 3 aromatic carbocycles. The quantitative estimate of drug-likeness (QED) is 0.315. The number of nitro groups is 1. The number of imide groups is 1. The molecule has 0 atom stereocenters. The predicted molar refractivity (Wildman–Crippen MR) is 125 cm³/mol. The molecule has 33 heavy (non-hydrogen) atoms. The number of hydrogen-bond donors (Lipinski definition) is 1. The van der Waals surface area contributed by atoms with Crippen LogP contribution >= 0.6 is 11.6 Å². The number of nitrogens with one attached hydrogen (secondary N) is 1. The topological polar surface area (TPSA) is 102 Å². The zero-order valence-electron chi connectivity index (χ0n) is 17.7. The first-order valence-electron chi connectivity index (χ1n) is 9.86. The van der Waals surface area contributed by atoms with Crippen molar-refractivity contribution in [1.82, 2.24) is 0 Å². The van der Waals surface area contributed by atoms with Crippen LogP contribution in [0.15, 0.2) is 72.4 Å². The van der Waals surface area contributed by atoms with E-state index >= 15 is 0 Å². The van der Waals surface area contributed by atoms with E-state index in [4.69, 9.17) is 16.3 Å². The summed E-state index contributed by atoms with van der Waals surface area (Å²) in [5.41, 5.74) is 2.00. The maximum atomic E-state index is 13.5. The molecule has 0 saturated carbocycles. The van der Waals surface area contributed by atoms with E-state index in [-0.39, 0.29) is 22.6 Å². The van der Waals surface area contributed by atoms with E-state index in [0.29, 0.717) is 22.0 Å². The lowest BCUT2D eigenvalue weighted by Gasteiger charge is -2.18. The highest BCUT2D eigenvalue weighted by Crippen LogP contribution is 2.38. The average Bonchev–Trinajstić information content (AvgIpc) is 3.05. The van der Waals surface area contributed by atoms with Gasteiger partial charge in [-0.2, -0.15) is 0 Å². The number of carbonyl (C=O) groups is 2. The van der Waals surface area contributed by atoms with Crippen LogP contribution in [0, 0.1) is 17.0 Å². The Morgan fingerprint density at radius 1 is 1.00 bits per heavy atom. The zero-order valence-corrected chi connectivity index (χ0v) is 18.4. The molecular weight excluding hydrogens is 446 g/mol. The molecule has 0 radical (unpaired) electrons. The molecule has 1 heterocycles. The molecule has 3 aromatic rings. The van der Waals surface area contributed by atoms with Gasteiger partial charge in [-0.15, -0.1) is 0 Å². The Labute approximate surface area is 194 Å². The van der Waals surface area contributed by atoms with Crippen LogP contribution in [-0.4, -0.2) is 23.8 Å². The summed E-state index contributed by atoms with van der Waals surface area (Å²) >= 11 is 6.13. The number of methoxy groups -OCH3 is 1. The summed E-state index contributed by atoms with van der Waals surface area (Å²) in [4.78, 5) is 38.6. The molecule has 2 amide bonds. The van der Waals surface area contributed by atoms with Crippen LogP contribution in [0.5, 0.6) is 5.75 Å². The maximum absolute atomic E-state index is 13.5. The van der Waals surface area contributed by atoms with Gasteiger partial charge in [0.05, 0.1) is 23.3 Å². The van der Waals surface area contributed by atoms with E-state index in [1.165, 1.54) is 31.4 Å². The molecule has 1 aliphatic rings. The van der Waals surface area contributed by atoms with Crippen molar-refractivity contribution in [2.45, 2.75) is 6.92 Å². The lowest BCUT2D eigenvalue weighted by molar-refractivity contribution is -0.384. The third kappa shape index (κ3) is 4.04. The van der Waals surface area contributed by atoms with Crippen LogP contribution in [0.25, 0.3) is 5.57 Å². The van der Waals surface area contributed by atoms with Gasteiger partial charge >= 0.3 is 0 Å². The van der Waals surface area contributed by atoms with E-state index < -0.39 is 16.7 Å². The van der Waals surface area contributed by atoms with Gasteiger partial charge < -0.3 is 10.1 Å². The second-order valence-electron chi connectivity index (χ2n) is 7.26. The van der Waals surface area contributed by atoms with E-state index in [1.807, 2.05) is 6.92 Å². The fraction of sp³-hybridized carbons (Fsp3) is 0.0833. The summed E-state index contributed by atoms with van der Waals surface area (Å²) < 4.78 is 5.35. The summed E-state index contributed by atoms with van der Waals surface area (Å²) in [5, 5.41) is 14.6. The predicted octanol–water partition coefficient (Wildman–Crippen LogP) is 4.96. The van der Waals surface area contributed by atoms with Gasteiger partial charge in [0.2, 0.25) is 0 Å². The van der Waals surface area contributed by atoms with Gasteiger partial charge in [-0.05, 0) is 54.4 Å². The van der Waals surface area contributed by atoms with Gasteiger partial charge in [0.15, 0.2) is 0 Å². The maximum Gasteiger partial charge on any atom is 0.282 e. The molecule has 0 bridgehead atoms. The minimum Gasteiger partial charge on any atom is -0.495 e. The number of nitro benzene ring substituents is 1. The Morgan fingerprint density at radius 2 is 1.70 bits per heavy atom. The van der Waals surface area contributed by atoms with Gasteiger partial charge in [-0.1, -0.05) is 29.8 Å². The second-order valence-corrected chi connectivity index (χ2v) is 7.69. The van der Waals surface area contributed by atoms with Crippen molar-refractivity contribution in [1.29, 1.82) is 0 Å². The number of anilines is 2. The number of rotatable bonds is 6. The summed E-state index contributed by atoms with van der Waals surface area (Å²) in [6.45, 7) is 1.84. The number of para-hydroxylation sites is 2. The van der Waals surface area contributed by atoms with Crippen molar-refractivity contribution in [3.63, 3.8) is 0 Å². The molecular formula is C24H18ClN3O5. The number of halogens is 1. The number of non-ortho nitro benzene ring substituents is 1. The highest BCUT2D eigenvalue weighted by Gasteiger charge is 2.41. The molecule has 8 nitrogen and oxygen atoms in total. The number of ether oxygens (including phenoxy) is 1. The highest BCUT2D eigenvalue weighted by atomic mass is 35.5. The standard InChI is InChI=1S/C24H18ClN3O5/c1-14-7-10-16(25)13-18(14)26-22-21(15-8-11-17(12-9-15)28(31)32)23(29)27(24(22)30)19-5-3-4-6-20(19)33-2/h3-13,26H,1-2H3. The fourth-order valence-corrected chi connectivity index (χ4v) is 3.73. The lowest BCUT2D eigenvalue weighted by atomic mass is 10.0. The summed E-state index contributed by atoms with van der Waals surface area (Å²) in [6.07, 6.45) is 0.